The molecule has 2 aliphatic rings. The molecule has 3 rings (SSSR count). The molecule has 7 heteroatoms. The molecule has 0 aromatic heterocycles. The maximum absolute atomic E-state index is 13.4. The third kappa shape index (κ3) is 2.65. The molecule has 21 heavy (non-hydrogen) atoms. The number of piperidine rings is 1. The monoisotopic (exact) mass is 314 g/mol. The molecule has 0 saturated carbocycles. The van der Waals surface area contributed by atoms with E-state index >= 15 is 0 Å². The van der Waals surface area contributed by atoms with E-state index in [0.717, 1.165) is 5.56 Å². The first-order chi connectivity index (χ1) is 10.0. The van der Waals surface area contributed by atoms with Crippen LogP contribution >= 0.6 is 0 Å². The summed E-state index contributed by atoms with van der Waals surface area (Å²) in [6.45, 7) is 1.29. The highest BCUT2D eigenvalue weighted by molar-refractivity contribution is 7.90. The van der Waals surface area contributed by atoms with Gasteiger partial charge in [0.05, 0.1) is 5.69 Å². The Labute approximate surface area is 124 Å². The van der Waals surface area contributed by atoms with Gasteiger partial charge in [-0.2, -0.15) is 12.7 Å². The average molecular weight is 314 g/mol. The average Bonchev–Trinajstić information content (AvgIpc) is 2.91. The van der Waals surface area contributed by atoms with Gasteiger partial charge in [0.25, 0.3) is 0 Å². The van der Waals surface area contributed by atoms with Crippen LogP contribution in [0.4, 0.5) is 10.1 Å². The van der Waals surface area contributed by atoms with Gasteiger partial charge in [-0.05, 0) is 42.9 Å². The number of halogens is 1. The number of hydrogen-bond acceptors (Lipinski definition) is 3. The number of hydrogen-bond donors (Lipinski definition) is 1. The number of anilines is 1. The SMILES string of the molecule is O=S(=O)(N1CCC(CO)CC1)N1CCc2ccc(F)cc21. The largest absolute Gasteiger partial charge is 0.396 e. The molecule has 116 valence electrons. The maximum atomic E-state index is 13.4. The molecule has 1 fully saturated rings. The van der Waals surface area contributed by atoms with Crippen LogP contribution in [0.25, 0.3) is 0 Å². The van der Waals surface area contributed by atoms with Crippen molar-refractivity contribution in [1.82, 2.24) is 4.31 Å². The van der Waals surface area contributed by atoms with Crippen molar-refractivity contribution in [2.75, 3.05) is 30.5 Å². The minimum Gasteiger partial charge on any atom is -0.396 e. The fraction of sp³-hybridized carbons (Fsp3) is 0.571. The van der Waals surface area contributed by atoms with Crippen LogP contribution in [0.1, 0.15) is 18.4 Å². The van der Waals surface area contributed by atoms with Crippen LogP contribution in [0.2, 0.25) is 0 Å². The lowest BCUT2D eigenvalue weighted by Gasteiger charge is -2.33. The van der Waals surface area contributed by atoms with Gasteiger partial charge in [-0.3, -0.25) is 4.31 Å². The summed E-state index contributed by atoms with van der Waals surface area (Å²) in [6, 6.07) is 4.31. The van der Waals surface area contributed by atoms with Crippen LogP contribution in [-0.2, 0) is 16.6 Å². The van der Waals surface area contributed by atoms with Crippen molar-refractivity contribution in [2.24, 2.45) is 5.92 Å². The molecule has 0 unspecified atom stereocenters. The summed E-state index contributed by atoms with van der Waals surface area (Å²) in [5.41, 5.74) is 1.32. The zero-order valence-corrected chi connectivity index (χ0v) is 12.5. The Morgan fingerprint density at radius 3 is 2.62 bits per heavy atom. The molecule has 0 radical (unpaired) electrons. The van der Waals surface area contributed by atoms with E-state index in [1.54, 1.807) is 6.07 Å². The fourth-order valence-corrected chi connectivity index (χ4v) is 4.72. The van der Waals surface area contributed by atoms with Crippen molar-refractivity contribution in [2.45, 2.75) is 19.3 Å². The molecule has 0 aliphatic carbocycles. The quantitative estimate of drug-likeness (QED) is 0.910. The standard InChI is InChI=1S/C14H19FN2O3S/c15-13-2-1-12-5-8-17(14(12)9-13)21(19,20)16-6-3-11(10-18)4-7-16/h1-2,9,11,18H,3-8,10H2. The van der Waals surface area contributed by atoms with Crippen molar-refractivity contribution < 1.29 is 17.9 Å². The molecule has 2 heterocycles. The Morgan fingerprint density at radius 1 is 1.24 bits per heavy atom. The number of aliphatic hydroxyl groups excluding tert-OH is 1. The van der Waals surface area contributed by atoms with E-state index in [2.05, 4.69) is 0 Å². The molecule has 0 amide bonds. The van der Waals surface area contributed by atoms with Gasteiger partial charge in [0.1, 0.15) is 5.82 Å². The summed E-state index contributed by atoms with van der Waals surface area (Å²) in [5, 5.41) is 9.13. The van der Waals surface area contributed by atoms with Crippen LogP contribution in [0, 0.1) is 11.7 Å². The van der Waals surface area contributed by atoms with Gasteiger partial charge in [-0.1, -0.05) is 6.07 Å². The fourth-order valence-electron chi connectivity index (χ4n) is 3.02. The van der Waals surface area contributed by atoms with Crippen LogP contribution in [0.5, 0.6) is 0 Å². The first-order valence-corrected chi connectivity index (χ1v) is 8.59. The molecular weight excluding hydrogens is 295 g/mol. The molecular formula is C14H19FN2O3S. The Bertz CT molecular complexity index is 627. The number of fused-ring (bicyclic) bond motifs is 1. The van der Waals surface area contributed by atoms with Crippen molar-refractivity contribution >= 4 is 15.9 Å². The molecule has 1 N–H and O–H groups in total. The van der Waals surface area contributed by atoms with Crippen LogP contribution in [-0.4, -0.2) is 44.1 Å². The summed E-state index contributed by atoms with van der Waals surface area (Å²) in [5.74, 6) is -0.241. The maximum Gasteiger partial charge on any atom is 0.304 e. The summed E-state index contributed by atoms with van der Waals surface area (Å²) in [6.07, 6.45) is 1.95. The molecule has 0 atom stereocenters. The van der Waals surface area contributed by atoms with E-state index < -0.39 is 16.0 Å². The van der Waals surface area contributed by atoms with E-state index in [1.807, 2.05) is 0 Å². The van der Waals surface area contributed by atoms with Gasteiger partial charge < -0.3 is 5.11 Å². The molecule has 5 nitrogen and oxygen atoms in total. The molecule has 0 bridgehead atoms. The minimum absolute atomic E-state index is 0.103. The second-order valence-electron chi connectivity index (χ2n) is 5.63. The number of nitrogens with zero attached hydrogens (tertiary/aromatic N) is 2. The highest BCUT2D eigenvalue weighted by Gasteiger charge is 2.36. The molecule has 0 spiro atoms. The van der Waals surface area contributed by atoms with Gasteiger partial charge in [-0.15, -0.1) is 0 Å². The normalized spacial score (nSPS) is 20.8. The van der Waals surface area contributed by atoms with Crippen molar-refractivity contribution in [3.63, 3.8) is 0 Å². The number of benzene rings is 1. The van der Waals surface area contributed by atoms with Gasteiger partial charge in [0, 0.05) is 26.2 Å². The molecule has 1 aromatic rings. The van der Waals surface area contributed by atoms with Gasteiger partial charge >= 0.3 is 10.2 Å². The topological polar surface area (TPSA) is 60.9 Å². The lowest BCUT2D eigenvalue weighted by molar-refractivity contribution is 0.170. The lowest BCUT2D eigenvalue weighted by Crippen LogP contribution is -2.47. The molecule has 1 aromatic carbocycles. The minimum atomic E-state index is -3.61. The van der Waals surface area contributed by atoms with E-state index in [0.29, 0.717) is 44.6 Å². The summed E-state index contributed by atoms with van der Waals surface area (Å²) in [7, 11) is -3.61. The third-order valence-corrected chi connectivity index (χ3v) is 6.29. The predicted octanol–water partition coefficient (Wildman–Crippen LogP) is 1.14. The van der Waals surface area contributed by atoms with Gasteiger partial charge in [-0.25, -0.2) is 4.39 Å². The van der Waals surface area contributed by atoms with E-state index in [4.69, 9.17) is 5.11 Å². The predicted molar refractivity (Wildman–Crippen MR) is 77.8 cm³/mol. The second kappa shape index (κ2) is 5.55. The van der Waals surface area contributed by atoms with Crippen LogP contribution < -0.4 is 4.31 Å². The summed E-state index contributed by atoms with van der Waals surface area (Å²) < 4.78 is 41.6. The van der Waals surface area contributed by atoms with Gasteiger partial charge in [0.15, 0.2) is 0 Å². The summed E-state index contributed by atoms with van der Waals surface area (Å²) in [4.78, 5) is 0. The second-order valence-corrected chi connectivity index (χ2v) is 7.48. The zero-order chi connectivity index (χ0) is 15.0. The lowest BCUT2D eigenvalue weighted by atomic mass is 10.00. The van der Waals surface area contributed by atoms with Crippen molar-refractivity contribution in [3.05, 3.63) is 29.6 Å². The van der Waals surface area contributed by atoms with Gasteiger partial charge in [0.2, 0.25) is 0 Å². The highest BCUT2D eigenvalue weighted by atomic mass is 32.2. The van der Waals surface area contributed by atoms with Crippen molar-refractivity contribution in [1.29, 1.82) is 0 Å². The number of rotatable bonds is 3. The van der Waals surface area contributed by atoms with Crippen LogP contribution in [0.15, 0.2) is 18.2 Å². The smallest absolute Gasteiger partial charge is 0.304 e. The van der Waals surface area contributed by atoms with Crippen molar-refractivity contribution in [3.8, 4) is 0 Å². The molecule has 1 saturated heterocycles. The molecule has 2 aliphatic heterocycles. The van der Waals surface area contributed by atoms with Crippen LogP contribution in [0.3, 0.4) is 0 Å². The Kier molecular flexibility index (Phi) is 3.90. The first kappa shape index (κ1) is 14.7. The summed E-state index contributed by atoms with van der Waals surface area (Å²) >= 11 is 0. The first-order valence-electron chi connectivity index (χ1n) is 7.19. The Balaban J connectivity index is 1.83. The highest BCUT2D eigenvalue weighted by Crippen LogP contribution is 2.33. The zero-order valence-electron chi connectivity index (χ0n) is 11.7. The number of aliphatic hydroxyl groups is 1. The van der Waals surface area contributed by atoms with E-state index in [1.165, 1.54) is 20.7 Å². The van der Waals surface area contributed by atoms with E-state index in [-0.39, 0.29) is 12.5 Å². The Morgan fingerprint density at radius 2 is 1.95 bits per heavy atom. The third-order valence-electron chi connectivity index (χ3n) is 4.34. The Hall–Kier alpha value is -1.18. The van der Waals surface area contributed by atoms with E-state index in [9.17, 15) is 12.8 Å².